The lowest BCUT2D eigenvalue weighted by molar-refractivity contribution is 0.652. The summed E-state index contributed by atoms with van der Waals surface area (Å²) in [5.74, 6) is 0. The largest absolute Gasteiger partial charge is 0.353 e. The first-order valence-corrected chi connectivity index (χ1v) is 4.24. The SMILES string of the molecule is CC(Br)C1(Cl)C=CN=CN1. The van der Waals surface area contributed by atoms with E-state index in [1.807, 2.05) is 13.0 Å². The third-order valence-corrected chi connectivity index (χ3v) is 2.89. The van der Waals surface area contributed by atoms with Crippen LogP contribution >= 0.6 is 27.5 Å². The molecule has 0 aromatic rings. The minimum Gasteiger partial charge on any atom is -0.353 e. The van der Waals surface area contributed by atoms with E-state index in [0.717, 1.165) is 0 Å². The van der Waals surface area contributed by atoms with Crippen LogP contribution in [0.3, 0.4) is 0 Å². The first kappa shape index (κ1) is 8.08. The molecule has 1 N–H and O–H groups in total. The highest BCUT2D eigenvalue weighted by Crippen LogP contribution is 2.25. The zero-order valence-corrected chi connectivity index (χ0v) is 7.85. The van der Waals surface area contributed by atoms with Crippen LogP contribution in [0.4, 0.5) is 0 Å². The Bertz CT molecular complexity index is 179. The molecule has 0 aromatic carbocycles. The summed E-state index contributed by atoms with van der Waals surface area (Å²) in [6.07, 6.45) is 5.08. The molecule has 2 nitrogen and oxygen atoms in total. The van der Waals surface area contributed by atoms with Crippen LogP contribution in [0.25, 0.3) is 0 Å². The predicted molar refractivity (Wildman–Crippen MR) is 47.7 cm³/mol. The second-order valence-electron chi connectivity index (χ2n) is 2.12. The van der Waals surface area contributed by atoms with Crippen molar-refractivity contribution in [3.8, 4) is 0 Å². The number of halogens is 2. The Morgan fingerprint density at radius 1 is 1.80 bits per heavy atom. The summed E-state index contributed by atoms with van der Waals surface area (Å²) in [6, 6.07) is 0. The molecule has 0 bridgehead atoms. The topological polar surface area (TPSA) is 24.4 Å². The van der Waals surface area contributed by atoms with Gasteiger partial charge in [-0.1, -0.05) is 27.5 Å². The van der Waals surface area contributed by atoms with Gasteiger partial charge in [-0.25, -0.2) is 4.99 Å². The molecule has 10 heavy (non-hydrogen) atoms. The van der Waals surface area contributed by atoms with Crippen LogP contribution in [0, 0.1) is 0 Å². The lowest BCUT2D eigenvalue weighted by Gasteiger charge is -2.27. The first-order valence-electron chi connectivity index (χ1n) is 2.95. The Kier molecular flexibility index (Phi) is 2.36. The molecule has 0 saturated heterocycles. The van der Waals surface area contributed by atoms with Gasteiger partial charge in [0, 0.05) is 6.20 Å². The van der Waals surface area contributed by atoms with Crippen molar-refractivity contribution < 1.29 is 0 Å². The fourth-order valence-corrected chi connectivity index (χ4v) is 1.02. The molecule has 0 fully saturated rings. The van der Waals surface area contributed by atoms with Gasteiger partial charge in [0.25, 0.3) is 0 Å². The molecule has 2 atom stereocenters. The molecular formula is C6H8BrClN2. The van der Waals surface area contributed by atoms with Crippen LogP contribution in [-0.2, 0) is 0 Å². The lowest BCUT2D eigenvalue weighted by Crippen LogP contribution is -2.44. The van der Waals surface area contributed by atoms with Crippen LogP contribution in [0.15, 0.2) is 17.3 Å². The number of hydrogen-bond donors (Lipinski definition) is 1. The summed E-state index contributed by atoms with van der Waals surface area (Å²) in [5, 5.41) is 2.93. The number of alkyl halides is 2. The van der Waals surface area contributed by atoms with Crippen LogP contribution in [0.1, 0.15) is 6.92 Å². The average Bonchev–Trinajstić information content (AvgIpc) is 1.89. The minimum atomic E-state index is -0.512. The van der Waals surface area contributed by atoms with E-state index >= 15 is 0 Å². The van der Waals surface area contributed by atoms with Gasteiger partial charge in [-0.05, 0) is 13.0 Å². The zero-order chi connectivity index (χ0) is 7.61. The molecule has 0 radical (unpaired) electrons. The van der Waals surface area contributed by atoms with E-state index in [0.29, 0.717) is 0 Å². The monoisotopic (exact) mass is 222 g/mol. The molecule has 1 aliphatic heterocycles. The van der Waals surface area contributed by atoms with Crippen molar-refractivity contribution in [2.75, 3.05) is 0 Å². The molecule has 0 aliphatic carbocycles. The predicted octanol–water partition coefficient (Wildman–Crippen LogP) is 1.85. The normalized spacial score (nSPS) is 33.5. The second-order valence-corrected chi connectivity index (χ2v) is 4.12. The van der Waals surface area contributed by atoms with Gasteiger partial charge in [-0.2, -0.15) is 0 Å². The number of nitrogens with zero attached hydrogens (tertiary/aromatic N) is 1. The van der Waals surface area contributed by atoms with Crippen LogP contribution in [0.5, 0.6) is 0 Å². The maximum atomic E-state index is 6.07. The summed E-state index contributed by atoms with van der Waals surface area (Å²) >= 11 is 9.46. The number of rotatable bonds is 1. The lowest BCUT2D eigenvalue weighted by atomic mass is 10.2. The summed E-state index contributed by atoms with van der Waals surface area (Å²) in [7, 11) is 0. The van der Waals surface area contributed by atoms with E-state index < -0.39 is 5.00 Å². The molecule has 4 heteroatoms. The fourth-order valence-electron chi connectivity index (χ4n) is 0.626. The second kappa shape index (κ2) is 2.93. The maximum absolute atomic E-state index is 6.07. The number of nitrogens with one attached hydrogen (secondary N) is 1. The van der Waals surface area contributed by atoms with E-state index in [2.05, 4.69) is 26.2 Å². The van der Waals surface area contributed by atoms with E-state index in [9.17, 15) is 0 Å². The van der Waals surface area contributed by atoms with Gasteiger partial charge in [0.2, 0.25) is 0 Å². The minimum absolute atomic E-state index is 0.171. The highest BCUT2D eigenvalue weighted by Gasteiger charge is 2.29. The standard InChI is InChI=1S/C6H8BrClN2/c1-5(7)6(8)2-3-9-4-10-6/h2-5H,1H3,(H,9,10). The Labute approximate surface area is 73.5 Å². The van der Waals surface area contributed by atoms with E-state index in [4.69, 9.17) is 11.6 Å². The van der Waals surface area contributed by atoms with Gasteiger partial charge in [-0.15, -0.1) is 0 Å². The van der Waals surface area contributed by atoms with Gasteiger partial charge >= 0.3 is 0 Å². The Morgan fingerprint density at radius 3 is 2.80 bits per heavy atom. The molecule has 1 aliphatic rings. The number of aliphatic imine (C=N–C) groups is 1. The Hall–Kier alpha value is -0.0200. The highest BCUT2D eigenvalue weighted by atomic mass is 79.9. The van der Waals surface area contributed by atoms with Gasteiger partial charge < -0.3 is 5.32 Å². The van der Waals surface area contributed by atoms with Crippen LogP contribution in [0.2, 0.25) is 0 Å². The van der Waals surface area contributed by atoms with Crippen molar-refractivity contribution in [2.24, 2.45) is 4.99 Å². The van der Waals surface area contributed by atoms with Gasteiger partial charge in [0.05, 0.1) is 11.2 Å². The van der Waals surface area contributed by atoms with Crippen molar-refractivity contribution in [1.29, 1.82) is 0 Å². The third-order valence-electron chi connectivity index (χ3n) is 1.34. The van der Waals surface area contributed by atoms with E-state index in [1.54, 1.807) is 12.5 Å². The zero-order valence-electron chi connectivity index (χ0n) is 5.51. The molecule has 1 rings (SSSR count). The van der Waals surface area contributed by atoms with Crippen molar-refractivity contribution in [1.82, 2.24) is 5.32 Å². The molecule has 0 spiro atoms. The summed E-state index contributed by atoms with van der Waals surface area (Å²) in [4.78, 5) is 3.49. The van der Waals surface area contributed by atoms with Crippen molar-refractivity contribution in [3.05, 3.63) is 12.3 Å². The smallest absolute Gasteiger partial charge is 0.146 e. The van der Waals surface area contributed by atoms with E-state index in [-0.39, 0.29) is 4.83 Å². The highest BCUT2D eigenvalue weighted by molar-refractivity contribution is 9.09. The third kappa shape index (κ3) is 1.52. The van der Waals surface area contributed by atoms with Gasteiger partial charge in [-0.3, -0.25) is 0 Å². The quantitative estimate of drug-likeness (QED) is 0.532. The fraction of sp³-hybridized carbons (Fsp3) is 0.500. The average molecular weight is 224 g/mol. The van der Waals surface area contributed by atoms with Crippen LogP contribution < -0.4 is 5.32 Å². The Balaban J connectivity index is 2.70. The molecule has 1 heterocycles. The number of hydrogen-bond acceptors (Lipinski definition) is 2. The summed E-state index contributed by atoms with van der Waals surface area (Å²) in [5.41, 5.74) is 0. The molecule has 0 amide bonds. The molecule has 56 valence electrons. The Morgan fingerprint density at radius 2 is 2.50 bits per heavy atom. The first-order chi connectivity index (χ1) is 4.65. The van der Waals surface area contributed by atoms with Crippen molar-refractivity contribution >= 4 is 33.9 Å². The summed E-state index contributed by atoms with van der Waals surface area (Å²) < 4.78 is 0. The van der Waals surface area contributed by atoms with Crippen molar-refractivity contribution in [3.63, 3.8) is 0 Å². The van der Waals surface area contributed by atoms with Crippen molar-refractivity contribution in [2.45, 2.75) is 16.7 Å². The van der Waals surface area contributed by atoms with Gasteiger partial charge in [0.1, 0.15) is 5.00 Å². The summed E-state index contributed by atoms with van der Waals surface area (Å²) in [6.45, 7) is 1.98. The molecule has 2 unspecified atom stereocenters. The van der Waals surface area contributed by atoms with E-state index in [1.165, 1.54) is 0 Å². The molecule has 0 saturated carbocycles. The van der Waals surface area contributed by atoms with Gasteiger partial charge in [0.15, 0.2) is 0 Å². The maximum Gasteiger partial charge on any atom is 0.146 e. The molecular weight excluding hydrogens is 215 g/mol. The van der Waals surface area contributed by atoms with Crippen LogP contribution in [-0.4, -0.2) is 16.2 Å². The molecule has 0 aromatic heterocycles.